The van der Waals surface area contributed by atoms with Crippen LogP contribution in [0.25, 0.3) is 10.9 Å². The topological polar surface area (TPSA) is 52.2 Å². The molecule has 1 saturated carbocycles. The number of fused-ring (bicyclic) bond motifs is 1. The predicted octanol–water partition coefficient (Wildman–Crippen LogP) is 3.82. The fraction of sp³-hybridized carbons (Fsp3) is 0.500. The first-order valence-corrected chi connectivity index (χ1v) is 8.54. The largest absolute Gasteiger partial charge is 0.361 e. The van der Waals surface area contributed by atoms with Crippen molar-refractivity contribution in [1.82, 2.24) is 15.6 Å². The maximum atomic E-state index is 13.2. The Hall–Kier alpha value is -1.31. The Labute approximate surface area is 159 Å². The molecule has 0 atom stereocenters. The average Bonchev–Trinajstić information content (AvgIpc) is 3.28. The highest BCUT2D eigenvalue weighted by atomic mass is 127. The maximum Gasteiger partial charge on any atom is 0.191 e. The van der Waals surface area contributed by atoms with Crippen molar-refractivity contribution in [2.24, 2.45) is 10.9 Å². The summed E-state index contributed by atoms with van der Waals surface area (Å²) in [5, 5.41) is 7.75. The molecule has 0 spiro atoms. The number of benzene rings is 1. The van der Waals surface area contributed by atoms with Gasteiger partial charge in [-0.25, -0.2) is 4.39 Å². The maximum absolute atomic E-state index is 13.2. The van der Waals surface area contributed by atoms with Crippen LogP contribution in [-0.2, 0) is 6.42 Å². The van der Waals surface area contributed by atoms with Gasteiger partial charge in [0.25, 0.3) is 0 Å². The summed E-state index contributed by atoms with van der Waals surface area (Å²) in [6, 6.07) is 4.89. The minimum atomic E-state index is -0.207. The first kappa shape index (κ1) is 19.0. The van der Waals surface area contributed by atoms with E-state index in [1.165, 1.54) is 37.0 Å². The number of rotatable bonds is 7. The second-order valence-electron chi connectivity index (χ2n) is 6.17. The van der Waals surface area contributed by atoms with E-state index in [4.69, 9.17) is 0 Å². The van der Waals surface area contributed by atoms with Crippen LogP contribution >= 0.6 is 24.0 Å². The number of aliphatic imine (C=N–C) groups is 1. The normalized spacial score (nSPS) is 14.5. The monoisotopic (exact) mass is 444 g/mol. The van der Waals surface area contributed by atoms with Gasteiger partial charge in [-0.3, -0.25) is 4.99 Å². The Morgan fingerprint density at radius 3 is 2.92 bits per heavy atom. The van der Waals surface area contributed by atoms with Crippen LogP contribution in [0.4, 0.5) is 4.39 Å². The molecule has 0 aliphatic heterocycles. The summed E-state index contributed by atoms with van der Waals surface area (Å²) < 4.78 is 13.2. The van der Waals surface area contributed by atoms with Crippen LogP contribution in [0.2, 0.25) is 0 Å². The molecule has 1 aliphatic carbocycles. The number of halogens is 2. The number of nitrogens with one attached hydrogen (secondary N) is 3. The third-order valence-electron chi connectivity index (χ3n) is 4.26. The lowest BCUT2D eigenvalue weighted by Crippen LogP contribution is -2.38. The molecule has 0 saturated heterocycles. The van der Waals surface area contributed by atoms with Gasteiger partial charge in [0.15, 0.2) is 5.96 Å². The molecule has 3 N–H and O–H groups in total. The van der Waals surface area contributed by atoms with Gasteiger partial charge in [0.05, 0.1) is 0 Å². The number of nitrogens with zero attached hydrogens (tertiary/aromatic N) is 1. The minimum Gasteiger partial charge on any atom is -0.361 e. The number of guanidine groups is 1. The van der Waals surface area contributed by atoms with Crippen molar-refractivity contribution in [3.8, 4) is 0 Å². The van der Waals surface area contributed by atoms with Crippen LogP contribution in [0.15, 0.2) is 29.4 Å². The minimum absolute atomic E-state index is 0. The van der Waals surface area contributed by atoms with Gasteiger partial charge in [0.1, 0.15) is 5.82 Å². The molecule has 132 valence electrons. The third kappa shape index (κ3) is 5.36. The van der Waals surface area contributed by atoms with E-state index in [0.717, 1.165) is 48.8 Å². The number of hydrogen-bond donors (Lipinski definition) is 3. The molecule has 6 heteroatoms. The fourth-order valence-electron chi connectivity index (χ4n) is 2.79. The van der Waals surface area contributed by atoms with Crippen LogP contribution in [0.5, 0.6) is 0 Å². The number of H-pyrrole nitrogens is 1. The zero-order chi connectivity index (χ0) is 16.1. The standard InChI is InChI=1S/C18H25FN4.HI/c1-2-20-18(21-9-7-13-3-4-13)22-10-8-14-12-23-17-11-15(19)5-6-16(14)17;/h5-6,11-13,23H,2-4,7-10H2,1H3,(H2,20,21,22);1H. The van der Waals surface area contributed by atoms with Crippen molar-refractivity contribution in [1.29, 1.82) is 0 Å². The summed E-state index contributed by atoms with van der Waals surface area (Å²) in [4.78, 5) is 7.76. The third-order valence-corrected chi connectivity index (χ3v) is 4.26. The van der Waals surface area contributed by atoms with Crippen molar-refractivity contribution in [2.45, 2.75) is 32.6 Å². The fourth-order valence-corrected chi connectivity index (χ4v) is 2.79. The quantitative estimate of drug-likeness (QED) is 0.346. The van der Waals surface area contributed by atoms with E-state index in [0.29, 0.717) is 0 Å². The van der Waals surface area contributed by atoms with E-state index in [9.17, 15) is 4.39 Å². The Morgan fingerprint density at radius 2 is 2.17 bits per heavy atom. The molecule has 0 unspecified atom stereocenters. The Bertz CT molecular complexity index is 679. The van der Waals surface area contributed by atoms with Gasteiger partial charge in [-0.2, -0.15) is 0 Å². The summed E-state index contributed by atoms with van der Waals surface area (Å²) in [7, 11) is 0. The average molecular weight is 444 g/mol. The Morgan fingerprint density at radius 1 is 1.33 bits per heavy atom. The molecule has 3 rings (SSSR count). The molecular formula is C18H26FIN4. The van der Waals surface area contributed by atoms with Crippen LogP contribution in [0, 0.1) is 11.7 Å². The first-order chi connectivity index (χ1) is 11.3. The van der Waals surface area contributed by atoms with Crippen molar-refractivity contribution in [3.05, 3.63) is 35.8 Å². The van der Waals surface area contributed by atoms with Gasteiger partial charge in [0, 0.05) is 36.7 Å². The van der Waals surface area contributed by atoms with E-state index in [1.807, 2.05) is 12.3 Å². The van der Waals surface area contributed by atoms with Gasteiger partial charge in [0.2, 0.25) is 0 Å². The van der Waals surface area contributed by atoms with Crippen LogP contribution in [-0.4, -0.2) is 30.6 Å². The molecule has 2 aromatic rings. The Balaban J connectivity index is 0.00000208. The lowest BCUT2D eigenvalue weighted by atomic mass is 10.1. The van der Waals surface area contributed by atoms with Crippen LogP contribution < -0.4 is 10.6 Å². The summed E-state index contributed by atoms with van der Waals surface area (Å²) in [6.07, 6.45) is 6.79. The molecule has 1 aromatic heterocycles. The van der Waals surface area contributed by atoms with Crippen molar-refractivity contribution >= 4 is 40.8 Å². The molecule has 1 fully saturated rings. The van der Waals surface area contributed by atoms with Crippen LogP contribution in [0.1, 0.15) is 31.7 Å². The van der Waals surface area contributed by atoms with Crippen molar-refractivity contribution in [3.63, 3.8) is 0 Å². The zero-order valence-corrected chi connectivity index (χ0v) is 16.4. The van der Waals surface area contributed by atoms with Crippen molar-refractivity contribution in [2.75, 3.05) is 19.6 Å². The summed E-state index contributed by atoms with van der Waals surface area (Å²) in [5.74, 6) is 1.59. The Kier molecular flexibility index (Phi) is 7.33. The van der Waals surface area contributed by atoms with Gasteiger partial charge in [-0.15, -0.1) is 24.0 Å². The van der Waals surface area contributed by atoms with Gasteiger partial charge in [-0.05, 0) is 49.4 Å². The highest BCUT2D eigenvalue weighted by molar-refractivity contribution is 14.0. The predicted molar refractivity (Wildman–Crippen MR) is 109 cm³/mol. The van der Waals surface area contributed by atoms with E-state index in [2.05, 4.69) is 27.5 Å². The number of aromatic amines is 1. The second-order valence-corrected chi connectivity index (χ2v) is 6.17. The van der Waals surface area contributed by atoms with E-state index >= 15 is 0 Å². The molecule has 0 radical (unpaired) electrons. The highest BCUT2D eigenvalue weighted by Gasteiger charge is 2.20. The number of hydrogen-bond acceptors (Lipinski definition) is 1. The first-order valence-electron chi connectivity index (χ1n) is 8.54. The molecule has 24 heavy (non-hydrogen) atoms. The number of aromatic nitrogens is 1. The molecule has 0 bridgehead atoms. The molecule has 1 heterocycles. The molecular weight excluding hydrogens is 418 g/mol. The lowest BCUT2D eigenvalue weighted by Gasteiger charge is -2.11. The van der Waals surface area contributed by atoms with Gasteiger partial charge < -0.3 is 15.6 Å². The highest BCUT2D eigenvalue weighted by Crippen LogP contribution is 2.32. The molecule has 4 nitrogen and oxygen atoms in total. The summed E-state index contributed by atoms with van der Waals surface area (Å²) in [5.41, 5.74) is 2.05. The van der Waals surface area contributed by atoms with Crippen LogP contribution in [0.3, 0.4) is 0 Å². The summed E-state index contributed by atoms with van der Waals surface area (Å²) >= 11 is 0. The van der Waals surface area contributed by atoms with Gasteiger partial charge in [-0.1, -0.05) is 12.8 Å². The lowest BCUT2D eigenvalue weighted by molar-refractivity contribution is 0.629. The van der Waals surface area contributed by atoms with E-state index in [-0.39, 0.29) is 29.8 Å². The van der Waals surface area contributed by atoms with E-state index < -0.39 is 0 Å². The summed E-state index contributed by atoms with van der Waals surface area (Å²) in [6.45, 7) is 4.64. The van der Waals surface area contributed by atoms with Gasteiger partial charge >= 0.3 is 0 Å². The van der Waals surface area contributed by atoms with E-state index in [1.54, 1.807) is 0 Å². The molecule has 0 amide bonds. The van der Waals surface area contributed by atoms with Crippen molar-refractivity contribution < 1.29 is 4.39 Å². The molecule has 1 aliphatic rings. The second kappa shape index (κ2) is 9.25. The molecule has 1 aromatic carbocycles. The smallest absolute Gasteiger partial charge is 0.191 e. The SMILES string of the molecule is CCNC(=NCCC1CC1)NCCc1c[nH]c2cc(F)ccc12.I. The zero-order valence-electron chi connectivity index (χ0n) is 14.1.